The summed E-state index contributed by atoms with van der Waals surface area (Å²) in [5.41, 5.74) is 8.16. The number of aryl methyl sites for hydroxylation is 2. The average molecular weight is 486 g/mol. The standard InChI is InChI=1S/C25H23.2ClH.Zr/c1-3-9-20-14-15-21-16-22(19-11-5-4-6-12-19)17-24(21)25(20)23-13-8-7-10-18(23)2;;;/h4-8,10-17H,3,9H2,1-2H3;2*1H;/q-1;;;+2/p-2. The van der Waals surface area contributed by atoms with Gasteiger partial charge in [0.15, 0.2) is 0 Å². The molecule has 3 heteroatoms. The maximum atomic E-state index is 4.93. The molecule has 0 unspecified atom stereocenters. The molecule has 0 heterocycles. The Morgan fingerprint density at radius 3 is 2.25 bits per heavy atom. The van der Waals surface area contributed by atoms with Crippen LogP contribution >= 0.6 is 17.0 Å². The summed E-state index contributed by atoms with van der Waals surface area (Å²) >= 11 is -0.826. The van der Waals surface area contributed by atoms with Crippen LogP contribution in [0.4, 0.5) is 0 Å². The van der Waals surface area contributed by atoms with Crippen molar-refractivity contribution >= 4 is 27.8 Å². The van der Waals surface area contributed by atoms with E-state index in [4.69, 9.17) is 17.0 Å². The first-order chi connectivity index (χ1) is 13.7. The summed E-state index contributed by atoms with van der Waals surface area (Å²) in [5, 5.41) is 2.70. The van der Waals surface area contributed by atoms with Gasteiger partial charge in [0.1, 0.15) is 0 Å². The molecule has 0 saturated heterocycles. The molecule has 0 aliphatic heterocycles. The van der Waals surface area contributed by atoms with E-state index in [1.165, 1.54) is 44.2 Å². The quantitative estimate of drug-likeness (QED) is 0.254. The molecule has 0 spiro atoms. The number of rotatable bonds is 4. The number of fused-ring (bicyclic) bond motifs is 1. The Labute approximate surface area is 186 Å². The van der Waals surface area contributed by atoms with Gasteiger partial charge in [0.25, 0.3) is 0 Å². The molecule has 0 bridgehead atoms. The molecule has 0 aliphatic carbocycles. The summed E-state index contributed by atoms with van der Waals surface area (Å²) in [6.45, 7) is 4.47. The third-order valence-electron chi connectivity index (χ3n) is 5.02. The summed E-state index contributed by atoms with van der Waals surface area (Å²) in [4.78, 5) is 0. The molecule has 28 heavy (non-hydrogen) atoms. The molecule has 0 fully saturated rings. The van der Waals surface area contributed by atoms with Crippen LogP contribution in [0.3, 0.4) is 0 Å². The second-order valence-electron chi connectivity index (χ2n) is 6.85. The molecule has 4 aromatic rings. The molecule has 0 nitrogen and oxygen atoms in total. The van der Waals surface area contributed by atoms with Crippen molar-refractivity contribution in [1.29, 1.82) is 0 Å². The van der Waals surface area contributed by atoms with E-state index in [0.29, 0.717) is 0 Å². The fourth-order valence-electron chi connectivity index (χ4n) is 3.77. The Bertz CT molecular complexity index is 1040. The van der Waals surface area contributed by atoms with E-state index in [2.05, 4.69) is 92.7 Å². The normalized spacial score (nSPS) is 10.4. The minimum atomic E-state index is -0.826. The summed E-state index contributed by atoms with van der Waals surface area (Å²) in [7, 11) is 9.87. The van der Waals surface area contributed by atoms with Gasteiger partial charge < -0.3 is 0 Å². The summed E-state index contributed by atoms with van der Waals surface area (Å²) in [5.74, 6) is 0. The first-order valence-corrected chi connectivity index (χ1v) is 15.8. The fourth-order valence-corrected chi connectivity index (χ4v) is 3.77. The minimum absolute atomic E-state index is 0.826. The van der Waals surface area contributed by atoms with Gasteiger partial charge in [-0.1, -0.05) is 85.1 Å². The van der Waals surface area contributed by atoms with Crippen molar-refractivity contribution in [3.8, 4) is 22.3 Å². The Balaban J connectivity index is 0.000000706. The van der Waals surface area contributed by atoms with Crippen LogP contribution < -0.4 is 0 Å². The van der Waals surface area contributed by atoms with Crippen LogP contribution in [-0.2, 0) is 27.3 Å². The van der Waals surface area contributed by atoms with E-state index in [1.54, 1.807) is 0 Å². The third-order valence-corrected chi connectivity index (χ3v) is 5.02. The van der Waals surface area contributed by atoms with Gasteiger partial charge in [-0.2, -0.15) is 0 Å². The Kier molecular flexibility index (Phi) is 8.04. The van der Waals surface area contributed by atoms with E-state index in [0.717, 1.165) is 12.8 Å². The second-order valence-corrected chi connectivity index (χ2v) is 10.6. The zero-order valence-corrected chi connectivity index (χ0v) is 20.1. The number of hydrogen-bond acceptors (Lipinski definition) is 0. The first-order valence-electron chi connectivity index (χ1n) is 9.49. The van der Waals surface area contributed by atoms with Gasteiger partial charge in [-0.3, -0.25) is 0 Å². The van der Waals surface area contributed by atoms with Crippen LogP contribution in [0, 0.1) is 6.92 Å². The predicted molar refractivity (Wildman–Crippen MR) is 121 cm³/mol. The van der Waals surface area contributed by atoms with E-state index < -0.39 is 20.8 Å². The van der Waals surface area contributed by atoms with Crippen molar-refractivity contribution < 1.29 is 20.8 Å². The zero-order valence-electron chi connectivity index (χ0n) is 16.2. The molecule has 0 aliphatic rings. The van der Waals surface area contributed by atoms with Crippen LogP contribution in [-0.4, -0.2) is 0 Å². The van der Waals surface area contributed by atoms with E-state index in [1.807, 2.05) is 0 Å². The van der Waals surface area contributed by atoms with Crippen molar-refractivity contribution in [2.24, 2.45) is 0 Å². The van der Waals surface area contributed by atoms with Crippen molar-refractivity contribution in [3.63, 3.8) is 0 Å². The number of hydrogen-bond donors (Lipinski definition) is 0. The van der Waals surface area contributed by atoms with E-state index >= 15 is 0 Å². The van der Waals surface area contributed by atoms with E-state index in [-0.39, 0.29) is 0 Å². The summed E-state index contributed by atoms with van der Waals surface area (Å²) < 4.78 is 0. The van der Waals surface area contributed by atoms with Crippen LogP contribution in [0.1, 0.15) is 24.5 Å². The topological polar surface area (TPSA) is 0 Å². The van der Waals surface area contributed by atoms with Crippen molar-refractivity contribution in [1.82, 2.24) is 0 Å². The predicted octanol–water partition coefficient (Wildman–Crippen LogP) is 8.53. The molecule has 0 N–H and O–H groups in total. The van der Waals surface area contributed by atoms with Gasteiger partial charge in [-0.15, -0.1) is 34.5 Å². The molecule has 0 aromatic heterocycles. The van der Waals surface area contributed by atoms with Gasteiger partial charge in [-0.25, -0.2) is 0 Å². The summed E-state index contributed by atoms with van der Waals surface area (Å²) in [6, 6.07) is 28.7. The van der Waals surface area contributed by atoms with Crippen LogP contribution in [0.15, 0.2) is 78.9 Å². The molecule has 0 saturated carbocycles. The third kappa shape index (κ3) is 4.83. The monoisotopic (exact) mass is 483 g/mol. The first kappa shape index (κ1) is 21.4. The average Bonchev–Trinajstić information content (AvgIpc) is 3.15. The van der Waals surface area contributed by atoms with E-state index in [9.17, 15) is 0 Å². The van der Waals surface area contributed by atoms with Crippen LogP contribution in [0.5, 0.6) is 0 Å². The van der Waals surface area contributed by atoms with Gasteiger partial charge in [0.05, 0.1) is 0 Å². The van der Waals surface area contributed by atoms with Gasteiger partial charge >= 0.3 is 37.9 Å². The van der Waals surface area contributed by atoms with Crippen molar-refractivity contribution in [3.05, 3.63) is 90.0 Å². The van der Waals surface area contributed by atoms with Crippen LogP contribution in [0.25, 0.3) is 33.0 Å². The van der Waals surface area contributed by atoms with Crippen LogP contribution in [0.2, 0.25) is 0 Å². The molecule has 0 radical (unpaired) electrons. The SMILES string of the molecule is CCCc1ccc2[cH-]c(-c3ccccc3)cc2c1-c1ccccc1C.[Cl][Zr][Cl]. The zero-order chi connectivity index (χ0) is 19.9. The van der Waals surface area contributed by atoms with Crippen molar-refractivity contribution in [2.75, 3.05) is 0 Å². The van der Waals surface area contributed by atoms with Gasteiger partial charge in [0.2, 0.25) is 0 Å². The van der Waals surface area contributed by atoms with Gasteiger partial charge in [0, 0.05) is 0 Å². The second kappa shape index (κ2) is 10.5. The molecule has 4 rings (SSSR count). The number of benzene rings is 3. The van der Waals surface area contributed by atoms with Crippen molar-refractivity contribution in [2.45, 2.75) is 26.7 Å². The Morgan fingerprint density at radius 2 is 1.57 bits per heavy atom. The van der Waals surface area contributed by atoms with Gasteiger partial charge in [-0.05, 0) is 30.0 Å². The molecule has 0 amide bonds. The molecule has 142 valence electrons. The fraction of sp³-hybridized carbons (Fsp3) is 0.160. The molecular formula is C25H23Cl2Zr-. The molecular weight excluding hydrogens is 462 g/mol. The summed E-state index contributed by atoms with van der Waals surface area (Å²) in [6.07, 6.45) is 2.28. The Hall–Kier alpha value is -1.27. The Morgan fingerprint density at radius 1 is 0.893 bits per heavy atom. The number of halogens is 2. The molecule has 4 aromatic carbocycles. The maximum absolute atomic E-state index is 4.93. The molecule has 0 atom stereocenters.